The Balaban J connectivity index is 3.03. The minimum absolute atomic E-state index is 0.251. The molecule has 0 bridgehead atoms. The van der Waals surface area contributed by atoms with Crippen molar-refractivity contribution in [2.45, 2.75) is 129 Å². The molecule has 0 amide bonds. The topological polar surface area (TPSA) is 29.3 Å². The van der Waals surface area contributed by atoms with Crippen molar-refractivity contribution in [1.82, 2.24) is 4.90 Å². The van der Waals surface area contributed by atoms with Crippen LogP contribution >= 0.6 is 0 Å². The molecule has 0 aromatic carbocycles. The van der Waals surface area contributed by atoms with Gasteiger partial charge in [0.15, 0.2) is 0 Å². The van der Waals surface area contributed by atoms with Gasteiger partial charge in [0, 0.05) is 0 Å². The van der Waals surface area contributed by atoms with Crippen LogP contribution in [0.2, 0.25) is 0 Å². The summed E-state index contributed by atoms with van der Waals surface area (Å²) in [6.45, 7) is 2.29. The van der Waals surface area contributed by atoms with E-state index in [-0.39, 0.29) is 6.17 Å². The van der Waals surface area contributed by atoms with Crippen LogP contribution in [0.5, 0.6) is 0 Å². The third-order valence-electron chi connectivity index (χ3n) is 5.27. The molecular formula is C22H48N2. The van der Waals surface area contributed by atoms with E-state index in [1.807, 2.05) is 0 Å². The molecule has 0 radical (unpaired) electrons. The van der Waals surface area contributed by atoms with Crippen molar-refractivity contribution < 1.29 is 0 Å². The molecule has 0 heterocycles. The Hall–Kier alpha value is -0.0800. The van der Waals surface area contributed by atoms with Crippen molar-refractivity contribution in [3.8, 4) is 0 Å². The van der Waals surface area contributed by atoms with Crippen molar-refractivity contribution in [1.29, 1.82) is 0 Å². The molecule has 0 fully saturated rings. The molecule has 0 spiro atoms. The zero-order chi connectivity index (χ0) is 17.9. The Morgan fingerprint density at radius 1 is 0.542 bits per heavy atom. The lowest BCUT2D eigenvalue weighted by Gasteiger charge is -2.19. The zero-order valence-corrected chi connectivity index (χ0v) is 17.3. The van der Waals surface area contributed by atoms with Gasteiger partial charge in [-0.2, -0.15) is 0 Å². The van der Waals surface area contributed by atoms with Gasteiger partial charge in [0.25, 0.3) is 0 Å². The Kier molecular flexibility index (Phi) is 19.2. The molecule has 1 atom stereocenters. The Morgan fingerprint density at radius 2 is 0.833 bits per heavy atom. The van der Waals surface area contributed by atoms with Crippen molar-refractivity contribution in [3.63, 3.8) is 0 Å². The molecular weight excluding hydrogens is 292 g/mol. The first-order valence-electron chi connectivity index (χ1n) is 11.1. The summed E-state index contributed by atoms with van der Waals surface area (Å²) in [6, 6.07) is 0. The fourth-order valence-corrected chi connectivity index (χ4v) is 3.34. The lowest BCUT2D eigenvalue weighted by atomic mass is 10.0. The fraction of sp³-hybridized carbons (Fsp3) is 1.00. The van der Waals surface area contributed by atoms with Crippen LogP contribution in [0.15, 0.2) is 0 Å². The smallest absolute Gasteiger partial charge is 0.0566 e. The Morgan fingerprint density at radius 3 is 1.12 bits per heavy atom. The highest BCUT2D eigenvalue weighted by atomic mass is 15.2. The molecule has 0 saturated heterocycles. The minimum atomic E-state index is 0.251. The monoisotopic (exact) mass is 340 g/mol. The van der Waals surface area contributed by atoms with Crippen molar-refractivity contribution in [3.05, 3.63) is 0 Å². The van der Waals surface area contributed by atoms with Gasteiger partial charge in [0.1, 0.15) is 0 Å². The average molecular weight is 341 g/mol. The van der Waals surface area contributed by atoms with Crippen LogP contribution in [0.1, 0.15) is 122 Å². The zero-order valence-electron chi connectivity index (χ0n) is 17.3. The highest BCUT2D eigenvalue weighted by Gasteiger charge is 2.03. The summed E-state index contributed by atoms with van der Waals surface area (Å²) >= 11 is 0. The highest BCUT2D eigenvalue weighted by molar-refractivity contribution is 4.57. The number of nitrogens with zero attached hydrogens (tertiary/aromatic N) is 1. The van der Waals surface area contributed by atoms with Crippen LogP contribution in [0, 0.1) is 0 Å². The number of hydrogen-bond donors (Lipinski definition) is 1. The molecule has 2 heteroatoms. The second-order valence-electron chi connectivity index (χ2n) is 7.98. The summed E-state index contributed by atoms with van der Waals surface area (Å²) in [5.74, 6) is 0. The first kappa shape index (κ1) is 23.9. The normalized spacial score (nSPS) is 12.9. The predicted molar refractivity (Wildman–Crippen MR) is 110 cm³/mol. The van der Waals surface area contributed by atoms with Gasteiger partial charge in [-0.05, 0) is 20.5 Å². The maximum absolute atomic E-state index is 6.01. The minimum Gasteiger partial charge on any atom is -0.316 e. The fourth-order valence-electron chi connectivity index (χ4n) is 3.34. The van der Waals surface area contributed by atoms with Crippen molar-refractivity contribution in [2.75, 3.05) is 14.1 Å². The maximum Gasteiger partial charge on any atom is 0.0566 e. The van der Waals surface area contributed by atoms with Gasteiger partial charge >= 0.3 is 0 Å². The van der Waals surface area contributed by atoms with Gasteiger partial charge in [-0.25, -0.2) is 0 Å². The number of rotatable bonds is 19. The predicted octanol–water partition coefficient (Wildman–Crippen LogP) is 6.87. The van der Waals surface area contributed by atoms with Gasteiger partial charge in [-0.3, -0.25) is 4.90 Å². The van der Waals surface area contributed by atoms with Crippen molar-refractivity contribution >= 4 is 0 Å². The van der Waals surface area contributed by atoms with E-state index in [0.29, 0.717) is 0 Å². The van der Waals surface area contributed by atoms with E-state index in [2.05, 4.69) is 25.9 Å². The SMILES string of the molecule is CCCCCCCCCCCCCCCCCCCC(N)N(C)C. The molecule has 0 saturated carbocycles. The summed E-state index contributed by atoms with van der Waals surface area (Å²) < 4.78 is 0. The van der Waals surface area contributed by atoms with E-state index in [1.165, 1.54) is 109 Å². The summed E-state index contributed by atoms with van der Waals surface area (Å²) in [6.07, 6.45) is 25.8. The van der Waals surface area contributed by atoms with E-state index >= 15 is 0 Å². The lowest BCUT2D eigenvalue weighted by Crippen LogP contribution is -2.35. The van der Waals surface area contributed by atoms with Crippen molar-refractivity contribution in [2.24, 2.45) is 5.73 Å². The van der Waals surface area contributed by atoms with Crippen LogP contribution in [0.4, 0.5) is 0 Å². The molecule has 0 aromatic heterocycles. The Labute approximate surface area is 154 Å². The largest absolute Gasteiger partial charge is 0.316 e. The van der Waals surface area contributed by atoms with Crippen LogP contribution in [0.25, 0.3) is 0 Å². The van der Waals surface area contributed by atoms with E-state index in [1.54, 1.807) is 0 Å². The van der Waals surface area contributed by atoms with Gasteiger partial charge in [0.05, 0.1) is 6.17 Å². The molecule has 0 aliphatic heterocycles. The van der Waals surface area contributed by atoms with E-state index in [4.69, 9.17) is 5.73 Å². The number of unbranched alkanes of at least 4 members (excludes halogenated alkanes) is 16. The molecule has 2 N–H and O–H groups in total. The molecule has 0 aliphatic carbocycles. The van der Waals surface area contributed by atoms with Crippen LogP contribution in [0.3, 0.4) is 0 Å². The first-order chi connectivity index (χ1) is 11.7. The quantitative estimate of drug-likeness (QED) is 0.205. The van der Waals surface area contributed by atoms with E-state index in [0.717, 1.165) is 6.42 Å². The van der Waals surface area contributed by atoms with Crippen LogP contribution < -0.4 is 5.73 Å². The lowest BCUT2D eigenvalue weighted by molar-refractivity contribution is 0.278. The van der Waals surface area contributed by atoms with E-state index < -0.39 is 0 Å². The number of nitrogens with two attached hydrogens (primary N) is 1. The van der Waals surface area contributed by atoms with E-state index in [9.17, 15) is 0 Å². The summed E-state index contributed by atoms with van der Waals surface area (Å²) in [4.78, 5) is 2.12. The molecule has 0 aromatic rings. The van der Waals surface area contributed by atoms with Gasteiger partial charge in [-0.15, -0.1) is 0 Å². The summed E-state index contributed by atoms with van der Waals surface area (Å²) in [5, 5.41) is 0. The molecule has 0 rings (SSSR count). The van der Waals surface area contributed by atoms with Crippen LogP contribution in [-0.4, -0.2) is 25.2 Å². The molecule has 24 heavy (non-hydrogen) atoms. The third kappa shape index (κ3) is 18.3. The van der Waals surface area contributed by atoms with Crippen LogP contribution in [-0.2, 0) is 0 Å². The molecule has 2 nitrogen and oxygen atoms in total. The molecule has 1 unspecified atom stereocenters. The highest BCUT2D eigenvalue weighted by Crippen LogP contribution is 2.14. The Bertz CT molecular complexity index is 228. The van der Waals surface area contributed by atoms with Gasteiger partial charge < -0.3 is 5.73 Å². The van der Waals surface area contributed by atoms with Gasteiger partial charge in [0.2, 0.25) is 0 Å². The summed E-state index contributed by atoms with van der Waals surface area (Å²) in [7, 11) is 4.14. The standard InChI is InChI=1S/C22H48N2/c1-4-5-6-7-8-9-10-11-12-13-14-15-16-17-18-19-20-21-22(23)24(2)3/h22H,4-21,23H2,1-3H3. The molecule has 0 aliphatic rings. The maximum atomic E-state index is 6.01. The van der Waals surface area contributed by atoms with Gasteiger partial charge in [-0.1, -0.05) is 116 Å². The number of hydrogen-bond acceptors (Lipinski definition) is 2. The first-order valence-corrected chi connectivity index (χ1v) is 11.1. The second-order valence-corrected chi connectivity index (χ2v) is 7.98. The third-order valence-corrected chi connectivity index (χ3v) is 5.27. The second kappa shape index (κ2) is 19.2. The molecule has 146 valence electrons. The average Bonchev–Trinajstić information content (AvgIpc) is 2.57. The summed E-state index contributed by atoms with van der Waals surface area (Å²) in [5.41, 5.74) is 6.01.